The van der Waals surface area contributed by atoms with Crippen molar-refractivity contribution in [2.75, 3.05) is 13.2 Å². The molecule has 1 aromatic heterocycles. The van der Waals surface area contributed by atoms with Crippen LogP contribution >= 0.6 is 0 Å². The minimum Gasteiger partial charge on any atom is -0.348 e. The topological polar surface area (TPSA) is 31.4 Å². The fourth-order valence-electron chi connectivity index (χ4n) is 2.77. The quantitative estimate of drug-likeness (QED) is 0.781. The molecule has 1 aliphatic rings. The second-order valence-electron chi connectivity index (χ2n) is 6.11. The van der Waals surface area contributed by atoms with Gasteiger partial charge < -0.3 is 9.47 Å². The summed E-state index contributed by atoms with van der Waals surface area (Å²) in [6.07, 6.45) is 4.74. The average molecular weight is 333 g/mol. The molecule has 0 saturated carbocycles. The van der Waals surface area contributed by atoms with Gasteiger partial charge in [-0.05, 0) is 30.7 Å². The lowest BCUT2D eigenvalue weighted by Gasteiger charge is -2.29. The molecule has 3 rings (SSSR count). The van der Waals surface area contributed by atoms with Crippen LogP contribution in [0, 0.1) is 17.6 Å². The Balaban J connectivity index is 1.64. The number of hydrogen-bond donors (Lipinski definition) is 0. The molecule has 0 unspecified atom stereocenters. The third-order valence-electron chi connectivity index (χ3n) is 4.21. The standard InChI is InChI=1S/C19H21F2NO2/c1-2-3-4-13-11-23-19(24-12-13)15-6-8-18(22-10-15)14-5-7-16(20)17(21)9-14/h5-10,13,19H,2-4,11-12H2,1H3/t13-,19-. The largest absolute Gasteiger partial charge is 0.348 e. The SMILES string of the molecule is CCCC[C@H]1CO[C@H](c2ccc(-c3ccc(F)c(F)c3)nc2)OC1. The Morgan fingerprint density at radius 1 is 1.08 bits per heavy atom. The first kappa shape index (κ1) is 17.0. The summed E-state index contributed by atoms with van der Waals surface area (Å²) in [4.78, 5) is 4.31. The van der Waals surface area contributed by atoms with Crippen molar-refractivity contribution in [3.63, 3.8) is 0 Å². The van der Waals surface area contributed by atoms with Gasteiger partial charge in [0.15, 0.2) is 17.9 Å². The highest BCUT2D eigenvalue weighted by Gasteiger charge is 2.23. The molecule has 1 saturated heterocycles. The van der Waals surface area contributed by atoms with Gasteiger partial charge in [0.1, 0.15) is 0 Å². The van der Waals surface area contributed by atoms with Crippen LogP contribution in [0.15, 0.2) is 36.5 Å². The summed E-state index contributed by atoms with van der Waals surface area (Å²) in [5, 5.41) is 0. The smallest absolute Gasteiger partial charge is 0.185 e. The van der Waals surface area contributed by atoms with Crippen molar-refractivity contribution in [3.8, 4) is 11.3 Å². The summed E-state index contributed by atoms with van der Waals surface area (Å²) < 4.78 is 37.9. The molecule has 1 fully saturated rings. The van der Waals surface area contributed by atoms with Crippen LogP contribution in [-0.2, 0) is 9.47 Å². The van der Waals surface area contributed by atoms with Crippen LogP contribution in [0.1, 0.15) is 38.0 Å². The molecule has 0 spiro atoms. The van der Waals surface area contributed by atoms with E-state index in [2.05, 4.69) is 11.9 Å². The summed E-state index contributed by atoms with van der Waals surface area (Å²) >= 11 is 0. The van der Waals surface area contributed by atoms with E-state index in [0.29, 0.717) is 30.4 Å². The van der Waals surface area contributed by atoms with Gasteiger partial charge in [-0.15, -0.1) is 0 Å². The van der Waals surface area contributed by atoms with Crippen molar-refractivity contribution in [2.24, 2.45) is 5.92 Å². The highest BCUT2D eigenvalue weighted by molar-refractivity contribution is 5.59. The maximum Gasteiger partial charge on any atom is 0.185 e. The van der Waals surface area contributed by atoms with E-state index < -0.39 is 17.9 Å². The maximum absolute atomic E-state index is 13.3. The van der Waals surface area contributed by atoms with Gasteiger partial charge >= 0.3 is 0 Å². The third kappa shape index (κ3) is 3.97. The Bertz CT molecular complexity index is 668. The van der Waals surface area contributed by atoms with Gasteiger partial charge in [0.05, 0.1) is 18.9 Å². The number of rotatable bonds is 5. The Morgan fingerprint density at radius 3 is 2.50 bits per heavy atom. The second kappa shape index (κ2) is 7.81. The Hall–Kier alpha value is -1.85. The molecule has 0 bridgehead atoms. The first-order chi connectivity index (χ1) is 11.7. The molecule has 1 aromatic carbocycles. The molecule has 0 radical (unpaired) electrons. The lowest BCUT2D eigenvalue weighted by Crippen LogP contribution is -2.27. The van der Waals surface area contributed by atoms with Crippen molar-refractivity contribution in [3.05, 3.63) is 53.7 Å². The number of ether oxygens (including phenoxy) is 2. The predicted octanol–water partition coefficient (Wildman–Crippen LogP) is 4.88. The van der Waals surface area contributed by atoms with Crippen LogP contribution in [0.2, 0.25) is 0 Å². The van der Waals surface area contributed by atoms with Gasteiger partial charge in [0.2, 0.25) is 0 Å². The highest BCUT2D eigenvalue weighted by atomic mass is 19.2. The van der Waals surface area contributed by atoms with Gasteiger partial charge in [-0.3, -0.25) is 4.98 Å². The molecule has 128 valence electrons. The van der Waals surface area contributed by atoms with Gasteiger partial charge in [-0.2, -0.15) is 0 Å². The Labute approximate surface area is 140 Å². The molecular weight excluding hydrogens is 312 g/mol. The van der Waals surface area contributed by atoms with Crippen LogP contribution < -0.4 is 0 Å². The van der Waals surface area contributed by atoms with E-state index in [1.54, 1.807) is 12.3 Å². The van der Waals surface area contributed by atoms with Crippen LogP contribution in [0.3, 0.4) is 0 Å². The Morgan fingerprint density at radius 2 is 1.88 bits per heavy atom. The fraction of sp³-hybridized carbons (Fsp3) is 0.421. The van der Waals surface area contributed by atoms with E-state index in [0.717, 1.165) is 24.1 Å². The number of hydrogen-bond acceptors (Lipinski definition) is 3. The lowest BCUT2D eigenvalue weighted by molar-refractivity contribution is -0.206. The summed E-state index contributed by atoms with van der Waals surface area (Å²) in [5.74, 6) is -1.29. The van der Waals surface area contributed by atoms with Crippen LogP contribution in [-0.4, -0.2) is 18.2 Å². The van der Waals surface area contributed by atoms with Gasteiger partial charge in [0.25, 0.3) is 0 Å². The molecule has 3 nitrogen and oxygen atoms in total. The minimum absolute atomic E-state index is 0.408. The first-order valence-corrected chi connectivity index (χ1v) is 8.32. The van der Waals surface area contributed by atoms with Crippen molar-refractivity contribution in [1.82, 2.24) is 4.98 Å². The summed E-state index contributed by atoms with van der Waals surface area (Å²) in [7, 11) is 0. The third-order valence-corrected chi connectivity index (χ3v) is 4.21. The van der Waals surface area contributed by atoms with Crippen molar-refractivity contribution in [1.29, 1.82) is 0 Å². The van der Waals surface area contributed by atoms with Crippen molar-refractivity contribution in [2.45, 2.75) is 32.5 Å². The van der Waals surface area contributed by atoms with E-state index in [4.69, 9.17) is 9.47 Å². The maximum atomic E-state index is 13.3. The summed E-state index contributed by atoms with van der Waals surface area (Å²) in [5.41, 5.74) is 1.94. The Kier molecular flexibility index (Phi) is 5.53. The van der Waals surface area contributed by atoms with E-state index >= 15 is 0 Å². The second-order valence-corrected chi connectivity index (χ2v) is 6.11. The normalized spacial score (nSPS) is 21.0. The lowest BCUT2D eigenvalue weighted by atomic mass is 10.0. The molecule has 0 N–H and O–H groups in total. The number of pyridine rings is 1. The molecule has 0 atom stereocenters. The van der Waals surface area contributed by atoms with Crippen LogP contribution in [0.4, 0.5) is 8.78 Å². The first-order valence-electron chi connectivity index (χ1n) is 8.32. The fourth-order valence-corrected chi connectivity index (χ4v) is 2.77. The van der Waals surface area contributed by atoms with Crippen molar-refractivity contribution < 1.29 is 18.3 Å². The molecule has 2 heterocycles. The zero-order valence-corrected chi connectivity index (χ0v) is 13.7. The number of nitrogens with zero attached hydrogens (tertiary/aromatic N) is 1. The monoisotopic (exact) mass is 333 g/mol. The molecule has 2 aromatic rings. The van der Waals surface area contributed by atoms with E-state index in [-0.39, 0.29) is 0 Å². The van der Waals surface area contributed by atoms with Crippen LogP contribution in [0.5, 0.6) is 0 Å². The number of unbranched alkanes of at least 4 members (excludes halogenated alkanes) is 1. The minimum atomic E-state index is -0.879. The van der Waals surface area contributed by atoms with Crippen molar-refractivity contribution >= 4 is 0 Å². The van der Waals surface area contributed by atoms with Crippen LogP contribution in [0.25, 0.3) is 11.3 Å². The molecule has 0 aliphatic carbocycles. The zero-order valence-electron chi connectivity index (χ0n) is 13.7. The molecule has 24 heavy (non-hydrogen) atoms. The molecule has 0 amide bonds. The molecule has 1 aliphatic heterocycles. The summed E-state index contributed by atoms with van der Waals surface area (Å²) in [6.45, 7) is 3.55. The van der Waals surface area contributed by atoms with E-state index in [1.807, 2.05) is 6.07 Å². The molecular formula is C19H21F2NO2. The van der Waals surface area contributed by atoms with Gasteiger partial charge in [-0.25, -0.2) is 8.78 Å². The number of halogens is 2. The zero-order chi connectivity index (χ0) is 16.9. The van der Waals surface area contributed by atoms with Gasteiger partial charge in [-0.1, -0.05) is 25.8 Å². The highest BCUT2D eigenvalue weighted by Crippen LogP contribution is 2.28. The average Bonchev–Trinajstić information content (AvgIpc) is 2.63. The predicted molar refractivity (Wildman–Crippen MR) is 87.2 cm³/mol. The van der Waals surface area contributed by atoms with Gasteiger partial charge in [0, 0.05) is 23.2 Å². The molecule has 5 heteroatoms. The van der Waals surface area contributed by atoms with E-state index in [9.17, 15) is 8.78 Å². The number of benzene rings is 1. The summed E-state index contributed by atoms with van der Waals surface area (Å²) in [6, 6.07) is 7.36. The number of aromatic nitrogens is 1. The van der Waals surface area contributed by atoms with E-state index in [1.165, 1.54) is 18.9 Å².